The minimum Gasteiger partial charge on any atom is -0.495 e. The van der Waals surface area contributed by atoms with E-state index in [-0.39, 0.29) is 6.10 Å². The molecule has 0 aliphatic carbocycles. The van der Waals surface area contributed by atoms with Gasteiger partial charge in [-0.1, -0.05) is 11.6 Å². The van der Waals surface area contributed by atoms with Crippen LogP contribution < -0.4 is 10.2 Å². The summed E-state index contributed by atoms with van der Waals surface area (Å²) in [6.07, 6.45) is 0.0949. The summed E-state index contributed by atoms with van der Waals surface area (Å²) in [5.41, 5.74) is 3.69. The summed E-state index contributed by atoms with van der Waals surface area (Å²) in [6, 6.07) is 5.49. The Balaban J connectivity index is 2.25. The highest BCUT2D eigenvalue weighted by molar-refractivity contribution is 6.32. The maximum absolute atomic E-state index is 6.03. The number of hydroxylamine groups is 1. The number of nitrogens with one attached hydrogen (secondary N) is 1. The lowest BCUT2D eigenvalue weighted by Gasteiger charge is -2.20. The minimum absolute atomic E-state index is 0.0949. The molecule has 1 unspecified atom stereocenters. The molecule has 1 aliphatic heterocycles. The van der Waals surface area contributed by atoms with E-state index >= 15 is 0 Å². The normalized spacial score (nSPS) is 19.9. The topological polar surface area (TPSA) is 42.9 Å². The Morgan fingerprint density at radius 1 is 1.56 bits per heavy atom. The first kappa shape index (κ1) is 11.2. The van der Waals surface area contributed by atoms with Gasteiger partial charge in [0.05, 0.1) is 18.7 Å². The van der Waals surface area contributed by atoms with Gasteiger partial charge in [0.15, 0.2) is 5.84 Å². The van der Waals surface area contributed by atoms with E-state index in [0.717, 1.165) is 5.56 Å². The van der Waals surface area contributed by atoms with Gasteiger partial charge in [-0.15, -0.1) is 0 Å². The molecule has 1 heterocycles. The first-order chi connectivity index (χ1) is 7.70. The largest absolute Gasteiger partial charge is 0.495 e. The molecular weight excluding hydrogens is 228 g/mol. The number of halogens is 1. The molecule has 0 saturated carbocycles. The molecule has 5 heteroatoms. The van der Waals surface area contributed by atoms with E-state index in [2.05, 4.69) is 10.5 Å². The second kappa shape index (κ2) is 4.72. The highest BCUT2D eigenvalue weighted by Gasteiger charge is 2.13. The minimum atomic E-state index is 0.0949. The number of hydrogen-bond donors (Lipinski definition) is 1. The van der Waals surface area contributed by atoms with Crippen molar-refractivity contribution in [2.75, 3.05) is 13.7 Å². The Morgan fingerprint density at radius 3 is 2.94 bits per heavy atom. The number of ether oxygens (including phenoxy) is 1. The Kier molecular flexibility index (Phi) is 3.31. The van der Waals surface area contributed by atoms with Crippen molar-refractivity contribution in [3.63, 3.8) is 0 Å². The van der Waals surface area contributed by atoms with E-state index in [9.17, 15) is 0 Å². The van der Waals surface area contributed by atoms with Gasteiger partial charge in [0.25, 0.3) is 0 Å². The van der Waals surface area contributed by atoms with Gasteiger partial charge in [0, 0.05) is 5.56 Å². The third-order valence-corrected chi connectivity index (χ3v) is 2.58. The van der Waals surface area contributed by atoms with Crippen LogP contribution in [0, 0.1) is 0 Å². The van der Waals surface area contributed by atoms with E-state index < -0.39 is 0 Å². The van der Waals surface area contributed by atoms with Crippen molar-refractivity contribution in [1.82, 2.24) is 5.48 Å². The molecule has 16 heavy (non-hydrogen) atoms. The molecular formula is C11H13ClN2O2. The second-order valence-electron chi connectivity index (χ2n) is 3.57. The fraction of sp³-hybridized carbons (Fsp3) is 0.364. The van der Waals surface area contributed by atoms with Gasteiger partial charge in [0.1, 0.15) is 11.9 Å². The van der Waals surface area contributed by atoms with Crippen LogP contribution in [-0.2, 0) is 4.84 Å². The van der Waals surface area contributed by atoms with Crippen LogP contribution in [0.4, 0.5) is 0 Å². The number of nitrogens with zero attached hydrogens (tertiary/aromatic N) is 1. The molecule has 0 saturated heterocycles. The molecule has 0 aromatic heterocycles. The summed E-state index contributed by atoms with van der Waals surface area (Å²) in [7, 11) is 1.59. The van der Waals surface area contributed by atoms with Gasteiger partial charge in [-0.25, -0.2) is 5.48 Å². The van der Waals surface area contributed by atoms with Gasteiger partial charge in [0.2, 0.25) is 0 Å². The van der Waals surface area contributed by atoms with Crippen molar-refractivity contribution in [2.45, 2.75) is 13.0 Å². The van der Waals surface area contributed by atoms with Crippen LogP contribution in [0.25, 0.3) is 0 Å². The van der Waals surface area contributed by atoms with E-state index in [1.165, 1.54) is 0 Å². The van der Waals surface area contributed by atoms with Gasteiger partial charge in [-0.2, -0.15) is 0 Å². The average molecular weight is 241 g/mol. The fourth-order valence-corrected chi connectivity index (χ4v) is 1.67. The molecule has 4 nitrogen and oxygen atoms in total. The molecule has 0 bridgehead atoms. The van der Waals surface area contributed by atoms with Crippen LogP contribution in [0.2, 0.25) is 5.02 Å². The molecule has 0 amide bonds. The van der Waals surface area contributed by atoms with Crippen molar-refractivity contribution in [2.24, 2.45) is 4.99 Å². The average Bonchev–Trinajstić information content (AvgIpc) is 2.30. The summed E-state index contributed by atoms with van der Waals surface area (Å²) < 4.78 is 5.08. The molecule has 0 radical (unpaired) electrons. The lowest BCUT2D eigenvalue weighted by atomic mass is 10.2. The van der Waals surface area contributed by atoms with Crippen molar-refractivity contribution in [3.05, 3.63) is 28.8 Å². The van der Waals surface area contributed by atoms with Gasteiger partial charge in [-0.3, -0.25) is 9.83 Å². The zero-order valence-corrected chi connectivity index (χ0v) is 9.91. The zero-order chi connectivity index (χ0) is 11.5. The number of methoxy groups -OCH3 is 1. The van der Waals surface area contributed by atoms with Crippen molar-refractivity contribution >= 4 is 17.4 Å². The lowest BCUT2D eigenvalue weighted by Crippen LogP contribution is -2.35. The predicted octanol–water partition coefficient (Wildman–Crippen LogP) is 2.02. The number of aliphatic imine (C=N–C) groups is 1. The molecule has 1 N–H and O–H groups in total. The number of benzene rings is 1. The number of amidine groups is 1. The monoisotopic (exact) mass is 240 g/mol. The fourth-order valence-electron chi connectivity index (χ4n) is 1.41. The van der Waals surface area contributed by atoms with Crippen LogP contribution in [0.3, 0.4) is 0 Å². The smallest absolute Gasteiger partial charge is 0.152 e. The second-order valence-corrected chi connectivity index (χ2v) is 3.98. The molecule has 1 atom stereocenters. The lowest BCUT2D eigenvalue weighted by molar-refractivity contribution is 0.0184. The first-order valence-corrected chi connectivity index (χ1v) is 5.38. The van der Waals surface area contributed by atoms with Gasteiger partial charge >= 0.3 is 0 Å². The quantitative estimate of drug-likeness (QED) is 0.860. The molecule has 1 aliphatic rings. The third-order valence-electron chi connectivity index (χ3n) is 2.29. The summed E-state index contributed by atoms with van der Waals surface area (Å²) in [5, 5.41) is 0.558. The summed E-state index contributed by atoms with van der Waals surface area (Å²) in [6.45, 7) is 2.60. The van der Waals surface area contributed by atoms with Crippen LogP contribution in [0.5, 0.6) is 5.75 Å². The highest BCUT2D eigenvalue weighted by atomic mass is 35.5. The van der Waals surface area contributed by atoms with Crippen molar-refractivity contribution < 1.29 is 9.57 Å². The van der Waals surface area contributed by atoms with Crippen LogP contribution in [-0.4, -0.2) is 25.6 Å². The van der Waals surface area contributed by atoms with E-state index in [1.807, 2.05) is 13.0 Å². The van der Waals surface area contributed by atoms with E-state index in [1.54, 1.807) is 19.2 Å². The van der Waals surface area contributed by atoms with Crippen LogP contribution >= 0.6 is 11.6 Å². The van der Waals surface area contributed by atoms with Gasteiger partial charge < -0.3 is 4.74 Å². The standard InChI is InChI=1S/C11H13ClN2O2/c1-7-6-13-11(14-16-7)8-3-4-10(15-2)9(12)5-8/h3-5,7H,6H2,1-2H3,(H,13,14). The Bertz CT molecular complexity index is 420. The molecule has 2 rings (SSSR count). The molecule has 1 aromatic carbocycles. The Labute approximate surface area is 99.2 Å². The van der Waals surface area contributed by atoms with Crippen LogP contribution in [0.1, 0.15) is 12.5 Å². The summed E-state index contributed by atoms with van der Waals surface area (Å²) >= 11 is 6.03. The van der Waals surface area contributed by atoms with Gasteiger partial charge in [-0.05, 0) is 25.1 Å². The molecule has 86 valence electrons. The number of rotatable bonds is 2. The SMILES string of the molecule is COc1ccc(C2=NCC(C)ON2)cc1Cl. The van der Waals surface area contributed by atoms with Crippen LogP contribution in [0.15, 0.2) is 23.2 Å². The highest BCUT2D eigenvalue weighted by Crippen LogP contribution is 2.25. The Hall–Kier alpha value is -1.26. The molecule has 1 aromatic rings. The van der Waals surface area contributed by atoms with Crippen molar-refractivity contribution in [3.8, 4) is 5.75 Å². The van der Waals surface area contributed by atoms with E-state index in [4.69, 9.17) is 21.2 Å². The summed E-state index contributed by atoms with van der Waals surface area (Å²) in [4.78, 5) is 9.64. The maximum Gasteiger partial charge on any atom is 0.152 e. The number of hydrogen-bond acceptors (Lipinski definition) is 4. The predicted molar refractivity (Wildman–Crippen MR) is 63.1 cm³/mol. The molecule has 0 fully saturated rings. The summed E-state index contributed by atoms with van der Waals surface area (Å²) in [5.74, 6) is 1.35. The first-order valence-electron chi connectivity index (χ1n) is 5.00. The zero-order valence-electron chi connectivity index (χ0n) is 9.16. The maximum atomic E-state index is 6.03. The van der Waals surface area contributed by atoms with Crippen molar-refractivity contribution in [1.29, 1.82) is 0 Å². The molecule has 0 spiro atoms. The third kappa shape index (κ3) is 2.28. The Morgan fingerprint density at radius 2 is 2.38 bits per heavy atom. The van der Waals surface area contributed by atoms with E-state index in [0.29, 0.717) is 23.2 Å².